The summed E-state index contributed by atoms with van der Waals surface area (Å²) in [6.45, 7) is 2.13. The van der Waals surface area contributed by atoms with Gasteiger partial charge in [-0.05, 0) is 42.5 Å². The Morgan fingerprint density at radius 1 is 1.10 bits per heavy atom. The van der Waals surface area contributed by atoms with Crippen molar-refractivity contribution in [3.05, 3.63) is 70.8 Å². The molecular formula is C18H20N2. The summed E-state index contributed by atoms with van der Waals surface area (Å²) < 4.78 is 0. The first kappa shape index (κ1) is 12.9. The lowest BCUT2D eigenvalue weighted by Gasteiger charge is -2.35. The van der Waals surface area contributed by atoms with Crippen molar-refractivity contribution in [2.75, 3.05) is 5.73 Å². The van der Waals surface area contributed by atoms with E-state index in [1.165, 1.54) is 11.1 Å². The molecule has 1 aliphatic carbocycles. The molecule has 1 aliphatic rings. The summed E-state index contributed by atoms with van der Waals surface area (Å²) in [5.41, 5.74) is 18.1. The Kier molecular flexibility index (Phi) is 3.11. The van der Waals surface area contributed by atoms with Crippen LogP contribution in [0, 0.1) is 6.92 Å². The zero-order chi connectivity index (χ0) is 14.2. The topological polar surface area (TPSA) is 52.0 Å². The molecule has 2 heteroatoms. The Labute approximate surface area is 120 Å². The fourth-order valence-electron chi connectivity index (χ4n) is 3.11. The number of benzene rings is 2. The molecule has 0 amide bonds. The molecule has 4 N–H and O–H groups in total. The van der Waals surface area contributed by atoms with Crippen LogP contribution in [0.3, 0.4) is 0 Å². The highest BCUT2D eigenvalue weighted by Crippen LogP contribution is 2.38. The third kappa shape index (κ3) is 2.12. The SMILES string of the molecule is Cc1ccccc1CC1(N)CC=Cc2cccc(N)c21. The van der Waals surface area contributed by atoms with Crippen LogP contribution >= 0.6 is 0 Å². The van der Waals surface area contributed by atoms with Crippen molar-refractivity contribution in [2.45, 2.75) is 25.3 Å². The number of anilines is 1. The van der Waals surface area contributed by atoms with E-state index >= 15 is 0 Å². The van der Waals surface area contributed by atoms with Gasteiger partial charge in [-0.3, -0.25) is 0 Å². The van der Waals surface area contributed by atoms with Crippen LogP contribution in [0.2, 0.25) is 0 Å². The van der Waals surface area contributed by atoms with Gasteiger partial charge in [-0.25, -0.2) is 0 Å². The van der Waals surface area contributed by atoms with E-state index in [4.69, 9.17) is 11.5 Å². The molecule has 0 spiro atoms. The Morgan fingerprint density at radius 3 is 2.70 bits per heavy atom. The number of nitrogen functional groups attached to an aromatic ring is 1. The van der Waals surface area contributed by atoms with E-state index in [9.17, 15) is 0 Å². The standard InChI is InChI=1S/C18H20N2/c1-13-6-2-3-7-15(13)12-18(20)11-5-9-14-8-4-10-16(19)17(14)18/h2-10H,11-12,19-20H2,1H3. The molecular weight excluding hydrogens is 244 g/mol. The first-order chi connectivity index (χ1) is 9.60. The molecule has 0 heterocycles. The highest BCUT2D eigenvalue weighted by atomic mass is 14.8. The van der Waals surface area contributed by atoms with E-state index in [2.05, 4.69) is 49.4 Å². The van der Waals surface area contributed by atoms with E-state index < -0.39 is 5.54 Å². The van der Waals surface area contributed by atoms with E-state index in [1.54, 1.807) is 0 Å². The lowest BCUT2D eigenvalue weighted by Crippen LogP contribution is -2.41. The maximum Gasteiger partial charge on any atom is 0.0511 e. The van der Waals surface area contributed by atoms with Crippen molar-refractivity contribution in [3.8, 4) is 0 Å². The second-order valence-corrected chi connectivity index (χ2v) is 5.68. The molecule has 0 fully saturated rings. The van der Waals surface area contributed by atoms with Crippen LogP contribution in [0.15, 0.2) is 48.5 Å². The molecule has 0 saturated heterocycles. The van der Waals surface area contributed by atoms with E-state index in [0.29, 0.717) is 0 Å². The Bertz CT molecular complexity index is 673. The van der Waals surface area contributed by atoms with Crippen LogP contribution < -0.4 is 11.5 Å². The lowest BCUT2D eigenvalue weighted by atomic mass is 9.75. The molecule has 0 radical (unpaired) electrons. The van der Waals surface area contributed by atoms with Crippen molar-refractivity contribution < 1.29 is 0 Å². The third-order valence-corrected chi connectivity index (χ3v) is 4.17. The summed E-state index contributed by atoms with van der Waals surface area (Å²) in [5, 5.41) is 0. The first-order valence-electron chi connectivity index (χ1n) is 6.99. The van der Waals surface area contributed by atoms with Gasteiger partial charge in [-0.15, -0.1) is 0 Å². The number of hydrogen-bond donors (Lipinski definition) is 2. The Balaban J connectivity index is 2.06. The zero-order valence-corrected chi connectivity index (χ0v) is 11.8. The highest BCUT2D eigenvalue weighted by molar-refractivity contribution is 5.68. The van der Waals surface area contributed by atoms with Crippen molar-refractivity contribution in [2.24, 2.45) is 5.73 Å². The summed E-state index contributed by atoms with van der Waals surface area (Å²) in [5.74, 6) is 0. The molecule has 1 atom stereocenters. The molecule has 0 saturated carbocycles. The predicted octanol–water partition coefficient (Wildman–Crippen LogP) is 3.39. The van der Waals surface area contributed by atoms with Gasteiger partial charge >= 0.3 is 0 Å². The predicted molar refractivity (Wildman–Crippen MR) is 85.3 cm³/mol. The van der Waals surface area contributed by atoms with Gasteiger partial charge in [0.05, 0.1) is 5.54 Å². The molecule has 2 aromatic rings. The number of nitrogens with two attached hydrogens (primary N) is 2. The smallest absolute Gasteiger partial charge is 0.0511 e. The molecule has 0 bridgehead atoms. The van der Waals surface area contributed by atoms with E-state index in [0.717, 1.165) is 29.7 Å². The Morgan fingerprint density at radius 2 is 1.90 bits per heavy atom. The average Bonchev–Trinajstić information content (AvgIpc) is 2.41. The van der Waals surface area contributed by atoms with Gasteiger partial charge in [0.15, 0.2) is 0 Å². The number of rotatable bonds is 2. The van der Waals surface area contributed by atoms with E-state index in [-0.39, 0.29) is 0 Å². The summed E-state index contributed by atoms with van der Waals surface area (Å²) in [6, 6.07) is 14.4. The van der Waals surface area contributed by atoms with Gasteiger partial charge in [0.1, 0.15) is 0 Å². The molecule has 2 nitrogen and oxygen atoms in total. The summed E-state index contributed by atoms with van der Waals surface area (Å²) in [4.78, 5) is 0. The van der Waals surface area contributed by atoms with E-state index in [1.807, 2.05) is 12.1 Å². The molecule has 1 unspecified atom stereocenters. The number of hydrogen-bond acceptors (Lipinski definition) is 2. The van der Waals surface area contributed by atoms with Gasteiger partial charge < -0.3 is 11.5 Å². The maximum absolute atomic E-state index is 6.74. The number of fused-ring (bicyclic) bond motifs is 1. The fraction of sp³-hybridized carbons (Fsp3) is 0.222. The van der Waals surface area contributed by atoms with Crippen LogP contribution in [-0.4, -0.2) is 0 Å². The summed E-state index contributed by atoms with van der Waals surface area (Å²) in [7, 11) is 0. The lowest BCUT2D eigenvalue weighted by molar-refractivity contribution is 0.443. The van der Waals surface area contributed by atoms with Gasteiger partial charge in [-0.1, -0.05) is 48.6 Å². The Hall–Kier alpha value is -2.06. The van der Waals surface area contributed by atoms with Gasteiger partial charge in [-0.2, -0.15) is 0 Å². The second kappa shape index (κ2) is 4.80. The van der Waals surface area contributed by atoms with Crippen LogP contribution in [0.5, 0.6) is 0 Å². The highest BCUT2D eigenvalue weighted by Gasteiger charge is 2.32. The van der Waals surface area contributed by atoms with Crippen molar-refractivity contribution in [3.63, 3.8) is 0 Å². The monoisotopic (exact) mass is 264 g/mol. The maximum atomic E-state index is 6.74. The normalized spacial score (nSPS) is 20.7. The molecule has 20 heavy (non-hydrogen) atoms. The molecule has 0 aliphatic heterocycles. The van der Waals surface area contributed by atoms with Crippen LogP contribution in [0.4, 0.5) is 5.69 Å². The summed E-state index contributed by atoms with van der Waals surface area (Å²) >= 11 is 0. The van der Waals surface area contributed by atoms with Crippen molar-refractivity contribution >= 4 is 11.8 Å². The minimum absolute atomic E-state index is 0.415. The minimum Gasteiger partial charge on any atom is -0.398 e. The molecule has 102 valence electrons. The van der Waals surface area contributed by atoms with Crippen LogP contribution in [-0.2, 0) is 12.0 Å². The molecule has 3 rings (SSSR count). The quantitative estimate of drug-likeness (QED) is 0.817. The van der Waals surface area contributed by atoms with Crippen molar-refractivity contribution in [1.29, 1.82) is 0 Å². The average molecular weight is 264 g/mol. The second-order valence-electron chi connectivity index (χ2n) is 5.68. The molecule has 0 aromatic heterocycles. The van der Waals surface area contributed by atoms with Crippen LogP contribution in [0.25, 0.3) is 6.08 Å². The van der Waals surface area contributed by atoms with Crippen LogP contribution in [0.1, 0.15) is 28.7 Å². The van der Waals surface area contributed by atoms with Gasteiger partial charge in [0, 0.05) is 11.3 Å². The molecule has 2 aromatic carbocycles. The number of aryl methyl sites for hydroxylation is 1. The summed E-state index contributed by atoms with van der Waals surface area (Å²) in [6.07, 6.45) is 5.91. The van der Waals surface area contributed by atoms with Crippen molar-refractivity contribution in [1.82, 2.24) is 0 Å². The van der Waals surface area contributed by atoms with Gasteiger partial charge in [0.2, 0.25) is 0 Å². The minimum atomic E-state index is -0.415. The first-order valence-corrected chi connectivity index (χ1v) is 6.99. The fourth-order valence-corrected chi connectivity index (χ4v) is 3.11. The third-order valence-electron chi connectivity index (χ3n) is 4.17. The largest absolute Gasteiger partial charge is 0.398 e. The zero-order valence-electron chi connectivity index (χ0n) is 11.8. The van der Waals surface area contributed by atoms with Gasteiger partial charge in [0.25, 0.3) is 0 Å².